The molecule has 0 heterocycles. The Hall–Kier alpha value is -1.06. The summed E-state index contributed by atoms with van der Waals surface area (Å²) in [5, 5.41) is 6.89. The van der Waals surface area contributed by atoms with E-state index in [0.717, 1.165) is 39.0 Å². The fourth-order valence-electron chi connectivity index (χ4n) is 2.76. The van der Waals surface area contributed by atoms with E-state index < -0.39 is 0 Å². The normalized spacial score (nSPS) is 10.1. The molecule has 0 aliphatic carbocycles. The molecule has 0 aliphatic rings. The van der Waals surface area contributed by atoms with E-state index in [1.165, 1.54) is 35.1 Å². The molecule has 0 spiro atoms. The molecule has 0 bridgehead atoms. The van der Waals surface area contributed by atoms with Crippen molar-refractivity contribution in [2.24, 2.45) is 0 Å². The average molecular weight is 397 g/mol. The van der Waals surface area contributed by atoms with Crippen LogP contribution in [0.5, 0.6) is 0 Å². The summed E-state index contributed by atoms with van der Waals surface area (Å²) in [6, 6.07) is 18.1. The van der Waals surface area contributed by atoms with Crippen molar-refractivity contribution < 1.29 is 0 Å². The second-order valence-electron chi connectivity index (χ2n) is 6.49. The Kier molecular flexibility index (Phi) is 14.4. The predicted octanol–water partition coefficient (Wildman–Crippen LogP) is 5.31. The molecule has 0 saturated carbocycles. The third-order valence-corrected chi connectivity index (χ3v) is 4.26. The molecular weight excluding hydrogens is 363 g/mol. The molecule has 2 aromatic rings. The quantitative estimate of drug-likeness (QED) is 0.502. The number of aryl methyl sites for hydroxylation is 2. The minimum absolute atomic E-state index is 0. The molecule has 4 heteroatoms. The molecule has 0 fully saturated rings. The number of nitrogens with one attached hydrogen (secondary N) is 2. The van der Waals surface area contributed by atoms with E-state index in [1.807, 2.05) is 0 Å². The molecule has 0 atom stereocenters. The fraction of sp³-hybridized carbons (Fsp3) is 0.455. The number of hydrogen-bond donors (Lipinski definition) is 2. The molecule has 146 valence electrons. The van der Waals surface area contributed by atoms with Crippen LogP contribution in [0.25, 0.3) is 0 Å². The van der Waals surface area contributed by atoms with Crippen molar-refractivity contribution in [3.63, 3.8) is 0 Å². The van der Waals surface area contributed by atoms with Crippen molar-refractivity contribution >= 4 is 24.8 Å². The Morgan fingerprint density at radius 3 is 1.15 bits per heavy atom. The van der Waals surface area contributed by atoms with Crippen LogP contribution in [-0.2, 0) is 25.9 Å². The second kappa shape index (κ2) is 15.0. The van der Waals surface area contributed by atoms with Gasteiger partial charge in [0.05, 0.1) is 0 Å². The van der Waals surface area contributed by atoms with Gasteiger partial charge in [0.1, 0.15) is 0 Å². The minimum atomic E-state index is 0. The van der Waals surface area contributed by atoms with E-state index in [2.05, 4.69) is 73.0 Å². The number of hydrogen-bond acceptors (Lipinski definition) is 2. The molecular formula is C22H34Cl2N2. The Bertz CT molecular complexity index is 514. The van der Waals surface area contributed by atoms with Crippen molar-refractivity contribution in [2.45, 2.75) is 52.6 Å². The summed E-state index contributed by atoms with van der Waals surface area (Å²) >= 11 is 0. The van der Waals surface area contributed by atoms with Crippen LogP contribution >= 0.6 is 24.8 Å². The SMILES string of the molecule is CCCNCc1ccc(CCc2ccc(CNCCC)cc2)cc1.Cl.Cl. The minimum Gasteiger partial charge on any atom is -0.313 e. The molecule has 2 rings (SSSR count). The predicted molar refractivity (Wildman–Crippen MR) is 119 cm³/mol. The van der Waals surface area contributed by atoms with Crippen molar-refractivity contribution in [3.05, 3.63) is 70.8 Å². The summed E-state index contributed by atoms with van der Waals surface area (Å²) in [7, 11) is 0. The van der Waals surface area contributed by atoms with Crippen molar-refractivity contribution in [1.82, 2.24) is 10.6 Å². The van der Waals surface area contributed by atoms with E-state index in [4.69, 9.17) is 0 Å². The molecule has 0 amide bonds. The zero-order chi connectivity index (χ0) is 17.0. The zero-order valence-corrected chi connectivity index (χ0v) is 17.7. The molecule has 0 aromatic heterocycles. The van der Waals surface area contributed by atoms with Crippen LogP contribution < -0.4 is 10.6 Å². The average Bonchev–Trinajstić information content (AvgIpc) is 2.63. The maximum atomic E-state index is 3.45. The summed E-state index contributed by atoms with van der Waals surface area (Å²) in [6.07, 6.45) is 4.59. The molecule has 0 radical (unpaired) electrons. The van der Waals surface area contributed by atoms with Crippen LogP contribution in [0.1, 0.15) is 48.9 Å². The largest absolute Gasteiger partial charge is 0.313 e. The maximum absolute atomic E-state index is 3.45. The van der Waals surface area contributed by atoms with Crippen molar-refractivity contribution in [2.75, 3.05) is 13.1 Å². The van der Waals surface area contributed by atoms with Gasteiger partial charge in [-0.25, -0.2) is 0 Å². The highest BCUT2D eigenvalue weighted by atomic mass is 35.5. The number of halogens is 2. The molecule has 2 nitrogen and oxygen atoms in total. The van der Waals surface area contributed by atoms with Crippen LogP contribution in [0.4, 0.5) is 0 Å². The van der Waals surface area contributed by atoms with Gasteiger partial charge in [0.2, 0.25) is 0 Å². The van der Waals surface area contributed by atoms with Gasteiger partial charge in [-0.2, -0.15) is 0 Å². The summed E-state index contributed by atoms with van der Waals surface area (Å²) in [5.74, 6) is 0. The topological polar surface area (TPSA) is 24.1 Å². The first-order chi connectivity index (χ1) is 11.8. The van der Waals surface area contributed by atoms with E-state index in [9.17, 15) is 0 Å². The van der Waals surface area contributed by atoms with Gasteiger partial charge < -0.3 is 10.6 Å². The lowest BCUT2D eigenvalue weighted by molar-refractivity contribution is 0.675. The molecule has 0 saturated heterocycles. The third kappa shape index (κ3) is 9.59. The maximum Gasteiger partial charge on any atom is 0.0205 e. The molecule has 26 heavy (non-hydrogen) atoms. The zero-order valence-electron chi connectivity index (χ0n) is 16.1. The van der Waals surface area contributed by atoms with Crippen LogP contribution in [0.3, 0.4) is 0 Å². The first-order valence-electron chi connectivity index (χ1n) is 9.39. The lowest BCUT2D eigenvalue weighted by Crippen LogP contribution is -2.13. The molecule has 2 N–H and O–H groups in total. The Morgan fingerprint density at radius 2 is 0.846 bits per heavy atom. The number of benzene rings is 2. The Balaban J connectivity index is 0.00000312. The standard InChI is InChI=1S/C22H32N2.2ClH/c1-3-15-23-17-21-11-7-19(8-12-21)5-6-20-9-13-22(14-10-20)18-24-16-4-2;;/h7-14,23-24H,3-6,15-18H2,1-2H3;2*1H. The third-order valence-electron chi connectivity index (χ3n) is 4.26. The van der Waals surface area contributed by atoms with Crippen molar-refractivity contribution in [3.8, 4) is 0 Å². The first-order valence-corrected chi connectivity index (χ1v) is 9.39. The van der Waals surface area contributed by atoms with Crippen molar-refractivity contribution in [1.29, 1.82) is 0 Å². The lowest BCUT2D eigenvalue weighted by atomic mass is 10.0. The van der Waals surface area contributed by atoms with Gasteiger partial charge in [-0.15, -0.1) is 24.8 Å². The van der Waals surface area contributed by atoms with Crippen LogP contribution in [-0.4, -0.2) is 13.1 Å². The van der Waals surface area contributed by atoms with Gasteiger partial charge in [-0.05, 0) is 61.0 Å². The van der Waals surface area contributed by atoms with Gasteiger partial charge >= 0.3 is 0 Å². The highest BCUT2D eigenvalue weighted by molar-refractivity contribution is 5.85. The van der Waals surface area contributed by atoms with Gasteiger partial charge in [0.25, 0.3) is 0 Å². The van der Waals surface area contributed by atoms with Gasteiger partial charge in [-0.3, -0.25) is 0 Å². The van der Waals surface area contributed by atoms with Gasteiger partial charge in [-0.1, -0.05) is 62.4 Å². The second-order valence-corrected chi connectivity index (χ2v) is 6.49. The molecule has 2 aromatic carbocycles. The summed E-state index contributed by atoms with van der Waals surface area (Å²) in [4.78, 5) is 0. The fourth-order valence-corrected chi connectivity index (χ4v) is 2.76. The van der Waals surface area contributed by atoms with Gasteiger partial charge in [0.15, 0.2) is 0 Å². The Labute approximate surface area is 172 Å². The van der Waals surface area contributed by atoms with Gasteiger partial charge in [0, 0.05) is 13.1 Å². The summed E-state index contributed by atoms with van der Waals surface area (Å²) < 4.78 is 0. The van der Waals surface area contributed by atoms with E-state index >= 15 is 0 Å². The van der Waals surface area contributed by atoms with E-state index in [0.29, 0.717) is 0 Å². The summed E-state index contributed by atoms with van der Waals surface area (Å²) in [5.41, 5.74) is 5.58. The lowest BCUT2D eigenvalue weighted by Gasteiger charge is -2.07. The van der Waals surface area contributed by atoms with E-state index in [-0.39, 0.29) is 24.8 Å². The molecule has 0 aliphatic heterocycles. The highest BCUT2D eigenvalue weighted by Crippen LogP contribution is 2.11. The first kappa shape index (κ1) is 24.9. The van der Waals surface area contributed by atoms with E-state index in [1.54, 1.807) is 0 Å². The monoisotopic (exact) mass is 396 g/mol. The number of rotatable bonds is 11. The van der Waals surface area contributed by atoms with Crippen LogP contribution in [0, 0.1) is 0 Å². The molecule has 0 unspecified atom stereocenters. The summed E-state index contributed by atoms with van der Waals surface area (Å²) in [6.45, 7) is 8.52. The highest BCUT2D eigenvalue weighted by Gasteiger charge is 1.99. The van der Waals surface area contributed by atoms with Crippen LogP contribution in [0.15, 0.2) is 48.5 Å². The van der Waals surface area contributed by atoms with Crippen LogP contribution in [0.2, 0.25) is 0 Å². The Morgan fingerprint density at radius 1 is 0.538 bits per heavy atom. The smallest absolute Gasteiger partial charge is 0.0205 e.